The minimum atomic E-state index is 0.643. The van der Waals surface area contributed by atoms with Gasteiger partial charge in [-0.3, -0.25) is 0 Å². The molecule has 1 fully saturated rings. The highest BCUT2D eigenvalue weighted by Gasteiger charge is 2.22. The van der Waals surface area contributed by atoms with Crippen molar-refractivity contribution < 1.29 is 0 Å². The Morgan fingerprint density at radius 1 is 1.28 bits per heavy atom. The van der Waals surface area contributed by atoms with Gasteiger partial charge in [-0.2, -0.15) is 0 Å². The highest BCUT2D eigenvalue weighted by atomic mass is 15.2. The van der Waals surface area contributed by atoms with E-state index >= 15 is 0 Å². The molecule has 0 bridgehead atoms. The van der Waals surface area contributed by atoms with Crippen LogP contribution in [0.2, 0.25) is 0 Å². The molecule has 2 heteroatoms. The normalized spacial score (nSPS) is 20.8. The third-order valence-electron chi connectivity index (χ3n) is 4.18. The summed E-state index contributed by atoms with van der Waals surface area (Å²) in [5.41, 5.74) is 10.0. The molecule has 0 radical (unpaired) electrons. The molecule has 2 nitrogen and oxygen atoms in total. The first-order chi connectivity index (χ1) is 8.77. The molecule has 1 unspecified atom stereocenters. The summed E-state index contributed by atoms with van der Waals surface area (Å²) in [5.74, 6) is 0. The molecule has 100 valence electrons. The van der Waals surface area contributed by atoms with Crippen molar-refractivity contribution >= 4 is 5.69 Å². The van der Waals surface area contributed by atoms with Gasteiger partial charge in [-0.05, 0) is 37.3 Å². The minimum Gasteiger partial charge on any atom is -0.368 e. The number of benzene rings is 1. The molecule has 1 aliphatic heterocycles. The molecule has 0 spiro atoms. The number of anilines is 1. The van der Waals surface area contributed by atoms with Crippen molar-refractivity contribution in [3.05, 3.63) is 29.3 Å². The maximum atomic E-state index is 5.93. The van der Waals surface area contributed by atoms with Crippen molar-refractivity contribution in [1.29, 1.82) is 0 Å². The van der Waals surface area contributed by atoms with Gasteiger partial charge < -0.3 is 10.6 Å². The predicted molar refractivity (Wildman–Crippen MR) is 79.0 cm³/mol. The van der Waals surface area contributed by atoms with Crippen molar-refractivity contribution in [2.75, 3.05) is 11.4 Å². The Kier molecular flexibility index (Phi) is 4.65. The lowest BCUT2D eigenvalue weighted by Crippen LogP contribution is -2.35. The summed E-state index contributed by atoms with van der Waals surface area (Å²) in [7, 11) is 0. The van der Waals surface area contributed by atoms with Crippen molar-refractivity contribution in [1.82, 2.24) is 0 Å². The van der Waals surface area contributed by atoms with Gasteiger partial charge in [0.25, 0.3) is 0 Å². The average molecular weight is 246 g/mol. The second kappa shape index (κ2) is 6.24. The predicted octanol–water partition coefficient (Wildman–Crippen LogP) is 3.61. The van der Waals surface area contributed by atoms with E-state index in [1.807, 2.05) is 0 Å². The zero-order chi connectivity index (χ0) is 13.0. The van der Waals surface area contributed by atoms with E-state index < -0.39 is 0 Å². The van der Waals surface area contributed by atoms with Gasteiger partial charge in [0.1, 0.15) is 0 Å². The van der Waals surface area contributed by atoms with Crippen LogP contribution < -0.4 is 10.6 Å². The lowest BCUT2D eigenvalue weighted by atomic mass is 10.0. The standard InChI is InChI=1S/C16H26N2/c1-3-15-10-5-4-6-11-18(15)16-13(2)8-7-9-14(16)12-17/h7-9,15H,3-6,10-12,17H2,1-2H3. The van der Waals surface area contributed by atoms with E-state index in [9.17, 15) is 0 Å². The maximum Gasteiger partial charge on any atom is 0.0443 e. The first kappa shape index (κ1) is 13.4. The lowest BCUT2D eigenvalue weighted by molar-refractivity contribution is 0.554. The van der Waals surface area contributed by atoms with Crippen molar-refractivity contribution in [3.63, 3.8) is 0 Å². The SMILES string of the molecule is CCC1CCCCCN1c1c(C)cccc1CN. The van der Waals surface area contributed by atoms with Crippen molar-refractivity contribution in [2.24, 2.45) is 5.73 Å². The van der Waals surface area contributed by atoms with Crippen LogP contribution in [0.25, 0.3) is 0 Å². The third kappa shape index (κ3) is 2.69. The molecule has 2 N–H and O–H groups in total. The van der Waals surface area contributed by atoms with E-state index in [4.69, 9.17) is 5.73 Å². The Morgan fingerprint density at radius 2 is 2.11 bits per heavy atom. The summed E-state index contributed by atoms with van der Waals surface area (Å²) in [6.45, 7) is 6.36. The van der Waals surface area contributed by atoms with Gasteiger partial charge in [-0.25, -0.2) is 0 Å². The lowest BCUT2D eigenvalue weighted by Gasteiger charge is -2.34. The van der Waals surface area contributed by atoms with Crippen LogP contribution >= 0.6 is 0 Å². The number of para-hydroxylation sites is 1. The molecule has 1 aromatic rings. The second-order valence-corrected chi connectivity index (χ2v) is 5.39. The fourth-order valence-corrected chi connectivity index (χ4v) is 3.19. The molecule has 0 aliphatic carbocycles. The van der Waals surface area contributed by atoms with Crippen LogP contribution in [0.3, 0.4) is 0 Å². The van der Waals surface area contributed by atoms with Crippen molar-refractivity contribution in [3.8, 4) is 0 Å². The Balaban J connectivity index is 2.37. The smallest absolute Gasteiger partial charge is 0.0443 e. The van der Waals surface area contributed by atoms with Gasteiger partial charge in [0, 0.05) is 24.8 Å². The second-order valence-electron chi connectivity index (χ2n) is 5.39. The Bertz CT molecular complexity index is 387. The number of aryl methyl sites for hydroxylation is 1. The monoisotopic (exact) mass is 246 g/mol. The van der Waals surface area contributed by atoms with Crippen LogP contribution in [0, 0.1) is 6.92 Å². The van der Waals surface area contributed by atoms with E-state index in [0.717, 1.165) is 0 Å². The van der Waals surface area contributed by atoms with Crippen molar-refractivity contribution in [2.45, 2.75) is 58.5 Å². The highest BCUT2D eigenvalue weighted by Crippen LogP contribution is 2.31. The molecule has 1 saturated heterocycles. The zero-order valence-electron chi connectivity index (χ0n) is 11.8. The third-order valence-corrected chi connectivity index (χ3v) is 4.18. The van der Waals surface area contributed by atoms with Gasteiger partial charge >= 0.3 is 0 Å². The maximum absolute atomic E-state index is 5.93. The van der Waals surface area contributed by atoms with E-state index in [-0.39, 0.29) is 0 Å². The summed E-state index contributed by atoms with van der Waals surface area (Å²) in [5, 5.41) is 0. The highest BCUT2D eigenvalue weighted by molar-refractivity contribution is 5.60. The number of nitrogens with two attached hydrogens (primary N) is 1. The molecule has 0 amide bonds. The molecule has 18 heavy (non-hydrogen) atoms. The zero-order valence-corrected chi connectivity index (χ0v) is 11.8. The molecular formula is C16H26N2. The molecule has 1 aliphatic rings. The first-order valence-electron chi connectivity index (χ1n) is 7.33. The Morgan fingerprint density at radius 3 is 2.83 bits per heavy atom. The quantitative estimate of drug-likeness (QED) is 0.882. The number of hydrogen-bond donors (Lipinski definition) is 1. The molecule has 0 aromatic heterocycles. The number of hydrogen-bond acceptors (Lipinski definition) is 2. The largest absolute Gasteiger partial charge is 0.368 e. The van der Waals surface area contributed by atoms with Gasteiger partial charge in [-0.1, -0.05) is 38.0 Å². The summed E-state index contributed by atoms with van der Waals surface area (Å²) >= 11 is 0. The van der Waals surface area contributed by atoms with E-state index in [2.05, 4.69) is 36.9 Å². The van der Waals surface area contributed by atoms with E-state index in [1.165, 1.54) is 55.5 Å². The van der Waals surface area contributed by atoms with Crippen LogP contribution in [0.5, 0.6) is 0 Å². The van der Waals surface area contributed by atoms with E-state index in [1.54, 1.807) is 0 Å². The topological polar surface area (TPSA) is 29.3 Å². The summed E-state index contributed by atoms with van der Waals surface area (Å²) in [6.07, 6.45) is 6.62. The summed E-state index contributed by atoms with van der Waals surface area (Å²) in [6, 6.07) is 7.21. The fraction of sp³-hybridized carbons (Fsp3) is 0.625. The van der Waals surface area contributed by atoms with Crippen LogP contribution in [0.4, 0.5) is 5.69 Å². The molecule has 0 saturated carbocycles. The van der Waals surface area contributed by atoms with Crippen LogP contribution in [0.1, 0.15) is 50.2 Å². The Labute approximate surface area is 111 Å². The summed E-state index contributed by atoms with van der Waals surface area (Å²) < 4.78 is 0. The fourth-order valence-electron chi connectivity index (χ4n) is 3.19. The molecule has 1 aromatic carbocycles. The summed E-state index contributed by atoms with van der Waals surface area (Å²) in [4.78, 5) is 2.63. The Hall–Kier alpha value is -1.02. The van der Waals surface area contributed by atoms with Crippen LogP contribution in [-0.2, 0) is 6.54 Å². The number of nitrogens with zero attached hydrogens (tertiary/aromatic N) is 1. The molecular weight excluding hydrogens is 220 g/mol. The van der Waals surface area contributed by atoms with Gasteiger partial charge in [0.15, 0.2) is 0 Å². The van der Waals surface area contributed by atoms with Crippen LogP contribution in [-0.4, -0.2) is 12.6 Å². The molecule has 1 atom stereocenters. The van der Waals surface area contributed by atoms with Gasteiger partial charge in [0.05, 0.1) is 0 Å². The molecule has 1 heterocycles. The van der Waals surface area contributed by atoms with Gasteiger partial charge in [0.2, 0.25) is 0 Å². The average Bonchev–Trinajstić information content (AvgIpc) is 2.63. The number of rotatable bonds is 3. The first-order valence-corrected chi connectivity index (χ1v) is 7.33. The molecule has 2 rings (SSSR count). The van der Waals surface area contributed by atoms with Crippen LogP contribution in [0.15, 0.2) is 18.2 Å². The minimum absolute atomic E-state index is 0.643. The van der Waals surface area contributed by atoms with Gasteiger partial charge in [-0.15, -0.1) is 0 Å². The van der Waals surface area contributed by atoms with E-state index in [0.29, 0.717) is 12.6 Å².